The number of hydrogen-bond donors (Lipinski definition) is 1. The molecule has 0 aliphatic carbocycles. The SMILES string of the molecule is CC(=O)c1ccc(SCC(=O)Nc2ccc(C(=O)c3nccn3C)cc2)c(F)c1. The van der Waals surface area contributed by atoms with Crippen molar-refractivity contribution < 1.29 is 18.8 Å². The number of aromatic nitrogens is 2. The van der Waals surface area contributed by atoms with E-state index in [0.29, 0.717) is 22.0 Å². The first-order valence-corrected chi connectivity index (χ1v) is 9.69. The van der Waals surface area contributed by atoms with Gasteiger partial charge in [0.25, 0.3) is 0 Å². The molecule has 3 rings (SSSR count). The zero-order valence-corrected chi connectivity index (χ0v) is 16.6. The largest absolute Gasteiger partial charge is 0.331 e. The Kier molecular flexibility index (Phi) is 6.23. The molecule has 0 radical (unpaired) electrons. The molecule has 0 saturated carbocycles. The van der Waals surface area contributed by atoms with Gasteiger partial charge in [0, 0.05) is 41.2 Å². The Morgan fingerprint density at radius 2 is 1.79 bits per heavy atom. The molecule has 6 nitrogen and oxygen atoms in total. The normalized spacial score (nSPS) is 10.6. The zero-order chi connectivity index (χ0) is 21.0. The Bertz CT molecular complexity index is 1080. The summed E-state index contributed by atoms with van der Waals surface area (Å²) in [5, 5.41) is 2.71. The Morgan fingerprint density at radius 1 is 1.10 bits per heavy atom. The molecular formula is C21H18FN3O3S. The maximum Gasteiger partial charge on any atom is 0.234 e. The number of benzene rings is 2. The number of nitrogens with zero attached hydrogens (tertiary/aromatic N) is 2. The highest BCUT2D eigenvalue weighted by Crippen LogP contribution is 2.23. The predicted octanol–water partition coefficient (Wildman–Crippen LogP) is 3.72. The van der Waals surface area contributed by atoms with Gasteiger partial charge in [-0.3, -0.25) is 14.4 Å². The van der Waals surface area contributed by atoms with E-state index in [1.54, 1.807) is 48.3 Å². The molecule has 3 aromatic rings. The summed E-state index contributed by atoms with van der Waals surface area (Å²) in [6, 6.07) is 10.7. The fourth-order valence-electron chi connectivity index (χ4n) is 2.60. The Labute approximate surface area is 171 Å². The molecule has 0 fully saturated rings. The number of rotatable bonds is 7. The lowest BCUT2D eigenvalue weighted by Crippen LogP contribution is -2.14. The molecule has 1 heterocycles. The zero-order valence-electron chi connectivity index (χ0n) is 15.8. The number of hydrogen-bond acceptors (Lipinski definition) is 5. The number of aryl methyl sites for hydroxylation is 1. The standard InChI is InChI=1S/C21H18FN3O3S/c1-13(26)15-5-8-18(17(22)11-15)29-12-19(27)24-16-6-3-14(4-7-16)20(28)21-23-9-10-25(21)2/h3-11H,12H2,1-2H3,(H,24,27). The summed E-state index contributed by atoms with van der Waals surface area (Å²) < 4.78 is 15.6. The molecule has 0 atom stereocenters. The number of amides is 1. The Morgan fingerprint density at radius 3 is 2.38 bits per heavy atom. The second-order valence-corrected chi connectivity index (χ2v) is 7.32. The van der Waals surface area contributed by atoms with Crippen LogP contribution >= 0.6 is 11.8 Å². The molecule has 1 amide bonds. The minimum absolute atomic E-state index is 0.00426. The number of Topliss-reactive ketones (excluding diaryl/α,β-unsaturated/α-hetero) is 1. The first-order chi connectivity index (χ1) is 13.8. The lowest BCUT2D eigenvalue weighted by atomic mass is 10.1. The third-order valence-electron chi connectivity index (χ3n) is 4.15. The number of imidazole rings is 1. The van der Waals surface area contributed by atoms with Gasteiger partial charge in [0.15, 0.2) is 11.6 Å². The van der Waals surface area contributed by atoms with Crippen molar-refractivity contribution in [1.82, 2.24) is 9.55 Å². The maximum atomic E-state index is 14.0. The van der Waals surface area contributed by atoms with E-state index >= 15 is 0 Å². The number of ketones is 2. The van der Waals surface area contributed by atoms with E-state index < -0.39 is 5.82 Å². The third kappa shape index (κ3) is 4.97. The molecule has 1 aromatic heterocycles. The van der Waals surface area contributed by atoms with Crippen LogP contribution in [0.2, 0.25) is 0 Å². The van der Waals surface area contributed by atoms with E-state index in [-0.39, 0.29) is 28.8 Å². The Hall–Kier alpha value is -3.26. The van der Waals surface area contributed by atoms with Gasteiger partial charge in [0.1, 0.15) is 5.82 Å². The van der Waals surface area contributed by atoms with Gasteiger partial charge >= 0.3 is 0 Å². The Balaban J connectivity index is 1.58. The summed E-state index contributed by atoms with van der Waals surface area (Å²) in [6.45, 7) is 1.37. The van der Waals surface area contributed by atoms with Crippen LogP contribution in [0.25, 0.3) is 0 Å². The number of anilines is 1. The third-order valence-corrected chi connectivity index (χ3v) is 5.20. The second-order valence-electron chi connectivity index (χ2n) is 6.31. The highest BCUT2D eigenvalue weighted by molar-refractivity contribution is 8.00. The van der Waals surface area contributed by atoms with Crippen molar-refractivity contribution in [2.75, 3.05) is 11.1 Å². The minimum atomic E-state index is -0.535. The molecule has 2 aromatic carbocycles. The number of nitrogens with one attached hydrogen (secondary N) is 1. The van der Waals surface area contributed by atoms with Crippen LogP contribution in [-0.4, -0.2) is 32.8 Å². The van der Waals surface area contributed by atoms with Crippen molar-refractivity contribution in [2.24, 2.45) is 7.05 Å². The molecule has 0 aliphatic heterocycles. The summed E-state index contributed by atoms with van der Waals surface area (Å²) in [6.07, 6.45) is 3.24. The average molecular weight is 411 g/mol. The average Bonchev–Trinajstić information content (AvgIpc) is 3.12. The summed E-state index contributed by atoms with van der Waals surface area (Å²) in [7, 11) is 1.74. The highest BCUT2D eigenvalue weighted by atomic mass is 32.2. The molecular weight excluding hydrogens is 393 g/mol. The van der Waals surface area contributed by atoms with E-state index in [1.165, 1.54) is 25.1 Å². The molecule has 0 bridgehead atoms. The van der Waals surface area contributed by atoms with Gasteiger partial charge < -0.3 is 9.88 Å². The van der Waals surface area contributed by atoms with Crippen molar-refractivity contribution >= 4 is 34.9 Å². The minimum Gasteiger partial charge on any atom is -0.331 e. The fourth-order valence-corrected chi connectivity index (χ4v) is 3.32. The molecule has 0 aliphatic rings. The van der Waals surface area contributed by atoms with Gasteiger partial charge in [0.05, 0.1) is 5.75 Å². The molecule has 0 unspecified atom stereocenters. The number of halogens is 1. The number of carbonyl (C=O) groups excluding carboxylic acids is 3. The van der Waals surface area contributed by atoms with Crippen molar-refractivity contribution in [1.29, 1.82) is 0 Å². The van der Waals surface area contributed by atoms with Crippen molar-refractivity contribution in [3.05, 3.63) is 77.6 Å². The number of thioether (sulfide) groups is 1. The van der Waals surface area contributed by atoms with E-state index in [0.717, 1.165) is 11.8 Å². The van der Waals surface area contributed by atoms with Crippen LogP contribution in [0.15, 0.2) is 59.8 Å². The predicted molar refractivity (Wildman–Crippen MR) is 109 cm³/mol. The second kappa shape index (κ2) is 8.83. The number of carbonyl (C=O) groups is 3. The summed E-state index contributed by atoms with van der Waals surface area (Å²) >= 11 is 1.04. The van der Waals surface area contributed by atoms with Crippen molar-refractivity contribution in [3.8, 4) is 0 Å². The highest BCUT2D eigenvalue weighted by Gasteiger charge is 2.14. The summed E-state index contributed by atoms with van der Waals surface area (Å²) in [4.78, 5) is 40.1. The van der Waals surface area contributed by atoms with Gasteiger partial charge in [-0.1, -0.05) is 6.07 Å². The lowest BCUT2D eigenvalue weighted by Gasteiger charge is -2.07. The van der Waals surface area contributed by atoms with E-state index in [9.17, 15) is 18.8 Å². The van der Waals surface area contributed by atoms with Crippen LogP contribution in [0.5, 0.6) is 0 Å². The first-order valence-electron chi connectivity index (χ1n) is 8.70. The summed E-state index contributed by atoms with van der Waals surface area (Å²) in [5.41, 5.74) is 1.27. The van der Waals surface area contributed by atoms with Gasteiger partial charge in [-0.25, -0.2) is 9.37 Å². The van der Waals surface area contributed by atoms with Crippen molar-refractivity contribution in [2.45, 2.75) is 11.8 Å². The summed E-state index contributed by atoms with van der Waals surface area (Å²) in [5.74, 6) is -0.945. The molecule has 1 N–H and O–H groups in total. The van der Waals surface area contributed by atoms with Crippen LogP contribution in [0.1, 0.15) is 33.5 Å². The fraction of sp³-hybridized carbons (Fsp3) is 0.143. The topological polar surface area (TPSA) is 81.1 Å². The first kappa shape index (κ1) is 20.5. The van der Waals surface area contributed by atoms with Crippen LogP contribution in [0.4, 0.5) is 10.1 Å². The molecule has 0 saturated heterocycles. The van der Waals surface area contributed by atoms with E-state index in [4.69, 9.17) is 0 Å². The van der Waals surface area contributed by atoms with Gasteiger partial charge in [-0.15, -0.1) is 11.8 Å². The van der Waals surface area contributed by atoms with Crippen LogP contribution in [0, 0.1) is 5.82 Å². The quantitative estimate of drug-likeness (QED) is 0.473. The molecule has 0 spiro atoms. The molecule has 8 heteroatoms. The monoisotopic (exact) mass is 411 g/mol. The van der Waals surface area contributed by atoms with Crippen LogP contribution in [0.3, 0.4) is 0 Å². The smallest absolute Gasteiger partial charge is 0.234 e. The van der Waals surface area contributed by atoms with Crippen LogP contribution in [-0.2, 0) is 11.8 Å². The van der Waals surface area contributed by atoms with E-state index in [1.807, 2.05) is 0 Å². The van der Waals surface area contributed by atoms with Gasteiger partial charge in [-0.05, 0) is 43.3 Å². The van der Waals surface area contributed by atoms with Crippen LogP contribution < -0.4 is 5.32 Å². The maximum absolute atomic E-state index is 14.0. The lowest BCUT2D eigenvalue weighted by molar-refractivity contribution is -0.113. The van der Waals surface area contributed by atoms with Gasteiger partial charge in [-0.2, -0.15) is 0 Å². The molecule has 29 heavy (non-hydrogen) atoms. The molecule has 148 valence electrons. The van der Waals surface area contributed by atoms with E-state index in [2.05, 4.69) is 10.3 Å². The van der Waals surface area contributed by atoms with Crippen molar-refractivity contribution in [3.63, 3.8) is 0 Å². The van der Waals surface area contributed by atoms with Gasteiger partial charge in [0.2, 0.25) is 11.7 Å².